The molecular formula is C17H24N2O6. The lowest BCUT2D eigenvalue weighted by atomic mass is 9.91. The first-order valence-corrected chi connectivity index (χ1v) is 8.47. The van der Waals surface area contributed by atoms with Gasteiger partial charge in [-0.15, -0.1) is 0 Å². The molecule has 0 radical (unpaired) electrons. The number of nitro benzene ring substituents is 1. The number of ether oxygens (including phenoxy) is 3. The molecule has 8 heteroatoms. The normalized spacial score (nSPS) is 21.4. The van der Waals surface area contributed by atoms with Gasteiger partial charge in [0, 0.05) is 37.0 Å². The summed E-state index contributed by atoms with van der Waals surface area (Å²) in [6.07, 6.45) is 1.02. The maximum Gasteiger partial charge on any atom is 0.329 e. The molecule has 1 aliphatic rings. The van der Waals surface area contributed by atoms with Gasteiger partial charge < -0.3 is 19.5 Å². The van der Waals surface area contributed by atoms with E-state index in [2.05, 4.69) is 5.32 Å². The van der Waals surface area contributed by atoms with E-state index in [1.165, 1.54) is 12.1 Å². The van der Waals surface area contributed by atoms with Crippen LogP contribution in [-0.2, 0) is 19.0 Å². The lowest BCUT2D eigenvalue weighted by Crippen LogP contribution is -2.47. The summed E-state index contributed by atoms with van der Waals surface area (Å²) < 4.78 is 16.5. The third kappa shape index (κ3) is 5.14. The van der Waals surface area contributed by atoms with Crippen LogP contribution < -0.4 is 5.32 Å². The number of anilines is 1. The molecule has 25 heavy (non-hydrogen) atoms. The SMILES string of the molecule is CCOC(=O)[C@H](Nc1cccc([N+](=O)[O-])c1)[C@@H]1CCCO[C@H]1OCC. The van der Waals surface area contributed by atoms with Crippen molar-refractivity contribution in [3.8, 4) is 0 Å². The Hall–Kier alpha value is -2.19. The Kier molecular flexibility index (Phi) is 7.15. The maximum atomic E-state index is 12.5. The zero-order chi connectivity index (χ0) is 18.2. The van der Waals surface area contributed by atoms with E-state index in [0.29, 0.717) is 18.9 Å². The Labute approximate surface area is 146 Å². The number of nitrogens with one attached hydrogen (secondary N) is 1. The molecule has 1 N–H and O–H groups in total. The van der Waals surface area contributed by atoms with Crippen molar-refractivity contribution in [3.05, 3.63) is 34.4 Å². The molecule has 0 bridgehead atoms. The number of non-ortho nitro benzene ring substituents is 1. The summed E-state index contributed by atoms with van der Waals surface area (Å²) in [5.41, 5.74) is 0.432. The van der Waals surface area contributed by atoms with E-state index in [4.69, 9.17) is 14.2 Å². The summed E-state index contributed by atoms with van der Waals surface area (Å²) in [5, 5.41) is 14.0. The largest absolute Gasteiger partial charge is 0.464 e. The molecule has 138 valence electrons. The van der Waals surface area contributed by atoms with Crippen LogP contribution in [0.1, 0.15) is 26.7 Å². The van der Waals surface area contributed by atoms with Gasteiger partial charge in [-0.2, -0.15) is 0 Å². The number of rotatable bonds is 8. The van der Waals surface area contributed by atoms with Crippen LogP contribution in [0.2, 0.25) is 0 Å². The molecule has 1 aliphatic heterocycles. The Balaban J connectivity index is 2.24. The standard InChI is InChI=1S/C17H24N2O6/c1-3-23-16(20)15(14-9-6-10-25-17(14)24-4-2)18-12-7-5-8-13(11-12)19(21)22/h5,7-8,11,14-15,17-18H,3-4,6,9-10H2,1-2H3/t14-,15+,17+/m0/s1. The van der Waals surface area contributed by atoms with Crippen molar-refractivity contribution in [2.45, 2.75) is 39.0 Å². The van der Waals surface area contributed by atoms with Crippen LogP contribution in [0.25, 0.3) is 0 Å². The van der Waals surface area contributed by atoms with Gasteiger partial charge in [-0.25, -0.2) is 4.79 Å². The number of hydrogen-bond donors (Lipinski definition) is 1. The molecule has 8 nitrogen and oxygen atoms in total. The maximum absolute atomic E-state index is 12.5. The minimum absolute atomic E-state index is 0.0474. The van der Waals surface area contributed by atoms with Crippen molar-refractivity contribution in [2.24, 2.45) is 5.92 Å². The highest BCUT2D eigenvalue weighted by Crippen LogP contribution is 2.29. The Morgan fingerprint density at radius 3 is 2.92 bits per heavy atom. The fourth-order valence-electron chi connectivity index (χ4n) is 2.90. The van der Waals surface area contributed by atoms with E-state index in [-0.39, 0.29) is 18.2 Å². The van der Waals surface area contributed by atoms with Crippen molar-refractivity contribution in [2.75, 3.05) is 25.1 Å². The minimum atomic E-state index is -0.709. The summed E-state index contributed by atoms with van der Waals surface area (Å²) in [4.78, 5) is 23.0. The van der Waals surface area contributed by atoms with Gasteiger partial charge in [0.2, 0.25) is 0 Å². The summed E-state index contributed by atoms with van der Waals surface area (Å²) in [6, 6.07) is 5.33. The summed E-state index contributed by atoms with van der Waals surface area (Å²) in [5.74, 6) is -0.666. The summed E-state index contributed by atoms with van der Waals surface area (Å²) >= 11 is 0. The highest BCUT2D eigenvalue weighted by Gasteiger charge is 2.38. The molecule has 1 fully saturated rings. The van der Waals surface area contributed by atoms with Crippen LogP contribution in [0.3, 0.4) is 0 Å². The number of carbonyl (C=O) groups is 1. The topological polar surface area (TPSA) is 99.9 Å². The number of carbonyl (C=O) groups excluding carboxylic acids is 1. The Morgan fingerprint density at radius 2 is 2.24 bits per heavy atom. The van der Waals surface area contributed by atoms with Gasteiger partial charge >= 0.3 is 5.97 Å². The molecule has 1 heterocycles. The highest BCUT2D eigenvalue weighted by atomic mass is 16.7. The Morgan fingerprint density at radius 1 is 1.44 bits per heavy atom. The number of hydrogen-bond acceptors (Lipinski definition) is 7. The zero-order valence-corrected chi connectivity index (χ0v) is 14.5. The second-order valence-corrected chi connectivity index (χ2v) is 5.68. The first-order valence-electron chi connectivity index (χ1n) is 8.47. The minimum Gasteiger partial charge on any atom is -0.464 e. The molecule has 3 atom stereocenters. The summed E-state index contributed by atoms with van der Waals surface area (Å²) in [7, 11) is 0. The van der Waals surface area contributed by atoms with Crippen LogP contribution in [0, 0.1) is 16.0 Å². The second-order valence-electron chi connectivity index (χ2n) is 5.68. The average Bonchev–Trinajstić information content (AvgIpc) is 2.61. The van der Waals surface area contributed by atoms with Crippen LogP contribution >= 0.6 is 0 Å². The quantitative estimate of drug-likeness (QED) is 0.436. The molecule has 0 aromatic heterocycles. The van der Waals surface area contributed by atoms with E-state index in [1.807, 2.05) is 6.92 Å². The smallest absolute Gasteiger partial charge is 0.329 e. The van der Waals surface area contributed by atoms with Crippen molar-refractivity contribution in [3.63, 3.8) is 0 Å². The number of esters is 1. The molecule has 0 spiro atoms. The van der Waals surface area contributed by atoms with E-state index in [0.717, 1.165) is 12.8 Å². The first-order chi connectivity index (χ1) is 12.1. The molecule has 1 saturated heterocycles. The van der Waals surface area contributed by atoms with Crippen molar-refractivity contribution < 1.29 is 23.9 Å². The fourth-order valence-corrected chi connectivity index (χ4v) is 2.90. The molecule has 0 saturated carbocycles. The van der Waals surface area contributed by atoms with Crippen LogP contribution in [0.4, 0.5) is 11.4 Å². The lowest BCUT2D eigenvalue weighted by molar-refractivity contribution is -0.384. The van der Waals surface area contributed by atoms with Gasteiger partial charge in [0.05, 0.1) is 11.5 Å². The summed E-state index contributed by atoms with van der Waals surface area (Å²) in [6.45, 7) is 4.89. The molecule has 0 aliphatic carbocycles. The van der Waals surface area contributed by atoms with Crippen molar-refractivity contribution in [1.29, 1.82) is 0 Å². The zero-order valence-electron chi connectivity index (χ0n) is 14.5. The van der Waals surface area contributed by atoms with E-state index >= 15 is 0 Å². The molecule has 1 aromatic rings. The van der Waals surface area contributed by atoms with Gasteiger partial charge in [0.1, 0.15) is 6.04 Å². The predicted octanol–water partition coefficient (Wildman–Crippen LogP) is 2.73. The van der Waals surface area contributed by atoms with Crippen molar-refractivity contribution in [1.82, 2.24) is 0 Å². The second kappa shape index (κ2) is 9.33. The van der Waals surface area contributed by atoms with Gasteiger partial charge in [-0.05, 0) is 32.8 Å². The van der Waals surface area contributed by atoms with Crippen LogP contribution in [0.15, 0.2) is 24.3 Å². The molecular weight excluding hydrogens is 328 g/mol. The van der Waals surface area contributed by atoms with Gasteiger partial charge in [0.25, 0.3) is 5.69 Å². The third-order valence-corrected chi connectivity index (χ3v) is 3.99. The molecule has 1 aromatic carbocycles. The van der Waals surface area contributed by atoms with E-state index in [9.17, 15) is 14.9 Å². The van der Waals surface area contributed by atoms with Crippen LogP contribution in [-0.4, -0.2) is 43.0 Å². The van der Waals surface area contributed by atoms with E-state index < -0.39 is 23.2 Å². The number of benzene rings is 1. The van der Waals surface area contributed by atoms with E-state index in [1.54, 1.807) is 19.1 Å². The Bertz CT molecular complexity index is 592. The van der Waals surface area contributed by atoms with Crippen molar-refractivity contribution >= 4 is 17.3 Å². The highest BCUT2D eigenvalue weighted by molar-refractivity contribution is 5.80. The third-order valence-electron chi connectivity index (χ3n) is 3.99. The molecule has 0 amide bonds. The number of nitrogens with zero attached hydrogens (tertiary/aromatic N) is 1. The monoisotopic (exact) mass is 352 g/mol. The molecule has 0 unspecified atom stereocenters. The molecule has 2 rings (SSSR count). The predicted molar refractivity (Wildman–Crippen MR) is 91.2 cm³/mol. The van der Waals surface area contributed by atoms with Gasteiger partial charge in [0.15, 0.2) is 6.29 Å². The van der Waals surface area contributed by atoms with Gasteiger partial charge in [-0.3, -0.25) is 10.1 Å². The van der Waals surface area contributed by atoms with Crippen LogP contribution in [0.5, 0.6) is 0 Å². The lowest BCUT2D eigenvalue weighted by Gasteiger charge is -2.36. The van der Waals surface area contributed by atoms with Gasteiger partial charge in [-0.1, -0.05) is 6.07 Å². The average molecular weight is 352 g/mol. The fraction of sp³-hybridized carbons (Fsp3) is 0.588. The first kappa shape index (κ1) is 19.1. The number of nitro groups is 1.